The number of likely N-dealkylation sites (tertiary alicyclic amines) is 1. The van der Waals surface area contributed by atoms with Gasteiger partial charge in [0, 0.05) is 20.2 Å². The lowest BCUT2D eigenvalue weighted by atomic mass is 10.2. The number of anilines is 1. The molecule has 3 rings (SSSR count). The van der Waals surface area contributed by atoms with Gasteiger partial charge in [-0.15, -0.1) is 0 Å². The fourth-order valence-corrected chi connectivity index (χ4v) is 4.85. The van der Waals surface area contributed by atoms with Gasteiger partial charge in [-0.05, 0) is 40.3 Å². The van der Waals surface area contributed by atoms with Crippen LogP contribution in [0.5, 0.6) is 0 Å². The lowest BCUT2D eigenvalue weighted by molar-refractivity contribution is 0.305. The van der Waals surface area contributed by atoms with E-state index in [9.17, 15) is 8.42 Å². The Labute approximate surface area is 159 Å². The molecule has 3 heterocycles. The SMILES string of the molecule is CNc1cc(CN(C)S(=O)(=O)c2c(C)noc2C)nc([C@@H]2CCCN2C)n1. The maximum Gasteiger partial charge on any atom is 0.248 e. The molecule has 0 unspecified atom stereocenters. The van der Waals surface area contributed by atoms with Gasteiger partial charge in [0.2, 0.25) is 10.0 Å². The van der Waals surface area contributed by atoms with Gasteiger partial charge >= 0.3 is 0 Å². The van der Waals surface area contributed by atoms with E-state index in [1.807, 2.05) is 0 Å². The Morgan fingerprint density at radius 1 is 1.37 bits per heavy atom. The summed E-state index contributed by atoms with van der Waals surface area (Å²) >= 11 is 0. The Kier molecular flexibility index (Phi) is 5.50. The molecular weight excluding hydrogens is 368 g/mol. The molecular formula is C17H26N6O3S. The average molecular weight is 395 g/mol. The summed E-state index contributed by atoms with van der Waals surface area (Å²) < 4.78 is 32.2. The van der Waals surface area contributed by atoms with E-state index >= 15 is 0 Å². The molecule has 2 aromatic rings. The van der Waals surface area contributed by atoms with Crippen LogP contribution in [0.1, 0.15) is 41.9 Å². The Bertz CT molecular complexity index is 907. The van der Waals surface area contributed by atoms with Gasteiger partial charge in [-0.2, -0.15) is 4.31 Å². The average Bonchev–Trinajstić information content (AvgIpc) is 3.19. The first-order valence-corrected chi connectivity index (χ1v) is 10.3. The van der Waals surface area contributed by atoms with Crippen LogP contribution in [0.3, 0.4) is 0 Å². The molecule has 0 saturated carbocycles. The smallest absolute Gasteiger partial charge is 0.248 e. The first-order valence-electron chi connectivity index (χ1n) is 8.89. The molecule has 0 spiro atoms. The Balaban J connectivity index is 1.90. The summed E-state index contributed by atoms with van der Waals surface area (Å²) in [6.45, 7) is 4.36. The maximum absolute atomic E-state index is 12.9. The molecule has 0 bridgehead atoms. The van der Waals surface area contributed by atoms with Gasteiger partial charge in [-0.25, -0.2) is 18.4 Å². The van der Waals surface area contributed by atoms with E-state index < -0.39 is 10.0 Å². The third-order valence-electron chi connectivity index (χ3n) is 4.89. The van der Waals surface area contributed by atoms with Gasteiger partial charge in [0.05, 0.1) is 18.3 Å². The zero-order valence-electron chi connectivity index (χ0n) is 16.4. The minimum Gasteiger partial charge on any atom is -0.373 e. The van der Waals surface area contributed by atoms with Gasteiger partial charge in [0.15, 0.2) is 5.76 Å². The van der Waals surface area contributed by atoms with Crippen LogP contribution in [-0.4, -0.2) is 60.4 Å². The maximum atomic E-state index is 12.9. The van der Waals surface area contributed by atoms with Crippen molar-refractivity contribution >= 4 is 15.8 Å². The van der Waals surface area contributed by atoms with E-state index in [1.54, 1.807) is 27.0 Å². The van der Waals surface area contributed by atoms with Crippen molar-refractivity contribution in [3.05, 3.63) is 29.0 Å². The summed E-state index contributed by atoms with van der Waals surface area (Å²) in [5.74, 6) is 1.68. The quantitative estimate of drug-likeness (QED) is 0.790. The van der Waals surface area contributed by atoms with Crippen molar-refractivity contribution in [2.24, 2.45) is 0 Å². The van der Waals surface area contributed by atoms with Crippen molar-refractivity contribution in [2.75, 3.05) is 33.0 Å². The third kappa shape index (κ3) is 3.83. The van der Waals surface area contributed by atoms with Crippen LogP contribution in [0.4, 0.5) is 5.82 Å². The van der Waals surface area contributed by atoms with Crippen LogP contribution in [0.25, 0.3) is 0 Å². The normalized spacial score (nSPS) is 18.4. The molecule has 10 heteroatoms. The van der Waals surface area contributed by atoms with Crippen molar-refractivity contribution in [1.29, 1.82) is 0 Å². The van der Waals surface area contributed by atoms with Crippen molar-refractivity contribution in [1.82, 2.24) is 24.3 Å². The molecule has 1 aliphatic heterocycles. The lowest BCUT2D eigenvalue weighted by Gasteiger charge is -2.21. The second-order valence-corrected chi connectivity index (χ2v) is 8.89. The molecule has 9 nitrogen and oxygen atoms in total. The highest BCUT2D eigenvalue weighted by Crippen LogP contribution is 2.29. The Morgan fingerprint density at radius 3 is 2.67 bits per heavy atom. The molecule has 0 aromatic carbocycles. The van der Waals surface area contributed by atoms with E-state index in [-0.39, 0.29) is 23.2 Å². The molecule has 0 radical (unpaired) electrons. The Hall–Kier alpha value is -2.04. The summed E-state index contributed by atoms with van der Waals surface area (Å²) in [6, 6.07) is 1.93. The minimum atomic E-state index is -3.73. The minimum absolute atomic E-state index is 0.114. The molecule has 0 amide bonds. The number of aromatic nitrogens is 3. The summed E-state index contributed by atoms with van der Waals surface area (Å²) in [4.78, 5) is 11.6. The molecule has 27 heavy (non-hydrogen) atoms. The summed E-state index contributed by atoms with van der Waals surface area (Å²) in [7, 11) is 1.65. The zero-order valence-corrected chi connectivity index (χ0v) is 17.2. The molecule has 1 aliphatic rings. The van der Waals surface area contributed by atoms with E-state index in [4.69, 9.17) is 4.52 Å². The van der Waals surface area contributed by atoms with Gasteiger partial charge in [-0.3, -0.25) is 4.90 Å². The molecule has 1 atom stereocenters. The second-order valence-electron chi connectivity index (χ2n) is 6.91. The lowest BCUT2D eigenvalue weighted by Crippen LogP contribution is -2.28. The highest BCUT2D eigenvalue weighted by atomic mass is 32.2. The van der Waals surface area contributed by atoms with E-state index in [1.165, 1.54) is 11.4 Å². The van der Waals surface area contributed by atoms with Crippen LogP contribution >= 0.6 is 0 Å². The molecule has 2 aromatic heterocycles. The molecule has 1 N–H and O–H groups in total. The monoisotopic (exact) mass is 394 g/mol. The van der Waals surface area contributed by atoms with Crippen LogP contribution in [0, 0.1) is 13.8 Å². The van der Waals surface area contributed by atoms with E-state index in [0.29, 0.717) is 17.2 Å². The first kappa shape index (κ1) is 19.7. The zero-order chi connectivity index (χ0) is 19.8. The number of nitrogens with zero attached hydrogens (tertiary/aromatic N) is 5. The van der Waals surface area contributed by atoms with Crippen LogP contribution in [0.2, 0.25) is 0 Å². The topological polar surface area (TPSA) is 104 Å². The number of rotatable bonds is 6. The molecule has 148 valence electrons. The van der Waals surface area contributed by atoms with Gasteiger partial charge in [0.1, 0.15) is 22.2 Å². The van der Waals surface area contributed by atoms with Crippen molar-refractivity contribution < 1.29 is 12.9 Å². The van der Waals surface area contributed by atoms with Crippen molar-refractivity contribution in [2.45, 2.75) is 44.2 Å². The fourth-order valence-electron chi connectivity index (χ4n) is 3.42. The van der Waals surface area contributed by atoms with Crippen LogP contribution in [-0.2, 0) is 16.6 Å². The highest BCUT2D eigenvalue weighted by Gasteiger charge is 2.30. The number of hydrogen-bond donors (Lipinski definition) is 1. The van der Waals surface area contributed by atoms with Crippen molar-refractivity contribution in [3.63, 3.8) is 0 Å². The Morgan fingerprint density at radius 2 is 2.11 bits per heavy atom. The van der Waals surface area contributed by atoms with E-state index in [0.717, 1.165) is 25.2 Å². The predicted molar refractivity (Wildman–Crippen MR) is 101 cm³/mol. The number of sulfonamides is 1. The number of hydrogen-bond acceptors (Lipinski definition) is 8. The summed E-state index contributed by atoms with van der Waals surface area (Å²) in [5, 5.41) is 6.79. The summed E-state index contributed by atoms with van der Waals surface area (Å²) in [6.07, 6.45) is 2.10. The number of nitrogens with one attached hydrogen (secondary N) is 1. The third-order valence-corrected chi connectivity index (χ3v) is 6.94. The molecule has 1 fully saturated rings. The molecule has 0 aliphatic carbocycles. The van der Waals surface area contributed by atoms with Crippen LogP contribution < -0.4 is 5.32 Å². The van der Waals surface area contributed by atoms with Gasteiger partial charge < -0.3 is 9.84 Å². The van der Waals surface area contributed by atoms with E-state index in [2.05, 4.69) is 32.4 Å². The number of aryl methyl sites for hydroxylation is 2. The van der Waals surface area contributed by atoms with Gasteiger partial charge in [0.25, 0.3) is 0 Å². The standard InChI is InChI=1S/C17H26N6O3S/c1-11-16(12(2)26-21-11)27(24,25)23(5)10-13-9-15(18-3)20-17(19-13)14-7-6-8-22(14)4/h9,14H,6-8,10H2,1-5H3,(H,18,19,20)/t14-/m0/s1. The van der Waals surface area contributed by atoms with Gasteiger partial charge in [-0.1, -0.05) is 5.16 Å². The predicted octanol–water partition coefficient (Wildman–Crippen LogP) is 1.71. The van der Waals surface area contributed by atoms with Crippen molar-refractivity contribution in [3.8, 4) is 0 Å². The van der Waals surface area contributed by atoms with Crippen LogP contribution in [0.15, 0.2) is 15.5 Å². The second kappa shape index (κ2) is 7.53. The first-order chi connectivity index (χ1) is 12.7. The highest BCUT2D eigenvalue weighted by molar-refractivity contribution is 7.89. The molecule has 1 saturated heterocycles. The largest absolute Gasteiger partial charge is 0.373 e. The fraction of sp³-hybridized carbons (Fsp3) is 0.588. The summed E-state index contributed by atoms with van der Waals surface area (Å²) in [5.41, 5.74) is 0.994.